The van der Waals surface area contributed by atoms with Crippen molar-refractivity contribution in [3.05, 3.63) is 69.8 Å². The second-order valence-electron chi connectivity index (χ2n) is 7.64. The van der Waals surface area contributed by atoms with Crippen LogP contribution in [0.5, 0.6) is 0 Å². The number of hydrogen-bond donors (Lipinski definition) is 4. The highest BCUT2D eigenvalue weighted by Crippen LogP contribution is 2.64. The Labute approximate surface area is 207 Å². The summed E-state index contributed by atoms with van der Waals surface area (Å²) in [4.78, 5) is 45.4. The molecule has 0 aromatic heterocycles. The van der Waals surface area contributed by atoms with E-state index in [1.165, 1.54) is 0 Å². The second-order valence-corrected chi connectivity index (χ2v) is 7.64. The summed E-state index contributed by atoms with van der Waals surface area (Å²) in [6.45, 7) is 0. The third kappa shape index (κ3) is 4.59. The number of carboxylic acids is 4. The molecular formula is C21H10F10O8. The van der Waals surface area contributed by atoms with Crippen molar-refractivity contribution in [1.29, 1.82) is 0 Å². The SMILES string of the molecule is O=C(O)c1ccc(C(c2ccc(C(=O)O)c(C(=O)O)c2)(C(F)(F)C(F)(F)F)C(F)(F)C(F)(F)F)cc1C(=O)O. The van der Waals surface area contributed by atoms with E-state index in [-0.39, 0.29) is 24.3 Å². The fourth-order valence-corrected chi connectivity index (χ4v) is 3.80. The molecular weight excluding hydrogens is 570 g/mol. The Bertz CT molecular complexity index is 1260. The number of aromatic carboxylic acids is 4. The van der Waals surface area contributed by atoms with Gasteiger partial charge in [0, 0.05) is 0 Å². The van der Waals surface area contributed by atoms with Crippen LogP contribution in [-0.2, 0) is 5.41 Å². The number of halogens is 10. The van der Waals surface area contributed by atoms with Crippen molar-refractivity contribution in [1.82, 2.24) is 0 Å². The lowest BCUT2D eigenvalue weighted by Gasteiger charge is -2.46. The Balaban J connectivity index is 3.40. The van der Waals surface area contributed by atoms with E-state index in [1.807, 2.05) is 0 Å². The molecule has 0 aliphatic carbocycles. The van der Waals surface area contributed by atoms with Crippen molar-refractivity contribution in [2.45, 2.75) is 29.6 Å². The van der Waals surface area contributed by atoms with Gasteiger partial charge < -0.3 is 20.4 Å². The number of hydrogen-bond acceptors (Lipinski definition) is 4. The van der Waals surface area contributed by atoms with Gasteiger partial charge in [-0.15, -0.1) is 0 Å². The van der Waals surface area contributed by atoms with Gasteiger partial charge in [-0.05, 0) is 35.4 Å². The third-order valence-corrected chi connectivity index (χ3v) is 5.48. The Kier molecular flexibility index (Phi) is 7.45. The minimum absolute atomic E-state index is 0.126. The van der Waals surface area contributed by atoms with Crippen LogP contribution in [0.25, 0.3) is 0 Å². The first-order valence-electron chi connectivity index (χ1n) is 9.58. The lowest BCUT2D eigenvalue weighted by atomic mass is 9.63. The van der Waals surface area contributed by atoms with E-state index in [2.05, 4.69) is 0 Å². The van der Waals surface area contributed by atoms with Gasteiger partial charge in [0.2, 0.25) is 0 Å². The van der Waals surface area contributed by atoms with Crippen molar-refractivity contribution in [2.24, 2.45) is 0 Å². The van der Waals surface area contributed by atoms with Gasteiger partial charge in [0.15, 0.2) is 5.41 Å². The third-order valence-electron chi connectivity index (χ3n) is 5.48. The summed E-state index contributed by atoms with van der Waals surface area (Å²) < 4.78 is 143. The summed E-state index contributed by atoms with van der Waals surface area (Å²) >= 11 is 0. The molecule has 2 aromatic rings. The largest absolute Gasteiger partial charge is 0.478 e. The molecule has 0 unspecified atom stereocenters. The van der Waals surface area contributed by atoms with Gasteiger partial charge in [-0.2, -0.15) is 43.9 Å². The first kappa shape index (κ1) is 30.8. The van der Waals surface area contributed by atoms with Crippen molar-refractivity contribution >= 4 is 23.9 Å². The topological polar surface area (TPSA) is 149 Å². The second kappa shape index (κ2) is 9.42. The zero-order valence-electron chi connectivity index (χ0n) is 18.2. The minimum Gasteiger partial charge on any atom is -0.478 e. The Hall–Kier alpha value is -4.38. The van der Waals surface area contributed by atoms with Crippen molar-refractivity contribution < 1.29 is 83.5 Å². The fraction of sp³-hybridized carbons (Fsp3) is 0.238. The number of rotatable bonds is 8. The number of alkyl halides is 10. The molecule has 0 bridgehead atoms. The highest BCUT2D eigenvalue weighted by Gasteiger charge is 2.85. The Morgan fingerprint density at radius 2 is 0.718 bits per heavy atom. The van der Waals surface area contributed by atoms with Crippen LogP contribution >= 0.6 is 0 Å². The lowest BCUT2D eigenvalue weighted by Crippen LogP contribution is -2.68. The minimum atomic E-state index is -7.29. The maximum Gasteiger partial charge on any atom is 0.454 e. The fourth-order valence-electron chi connectivity index (χ4n) is 3.80. The maximum atomic E-state index is 15.2. The maximum absolute atomic E-state index is 15.2. The van der Waals surface area contributed by atoms with Gasteiger partial charge in [-0.1, -0.05) is 12.1 Å². The Morgan fingerprint density at radius 1 is 0.462 bits per heavy atom. The van der Waals surface area contributed by atoms with Crippen molar-refractivity contribution in [3.63, 3.8) is 0 Å². The monoisotopic (exact) mass is 580 g/mol. The first-order valence-corrected chi connectivity index (χ1v) is 9.58. The van der Waals surface area contributed by atoms with Crippen LogP contribution in [0, 0.1) is 0 Å². The molecule has 2 aromatic carbocycles. The highest BCUT2D eigenvalue weighted by molar-refractivity contribution is 6.03. The molecule has 18 heteroatoms. The molecule has 0 radical (unpaired) electrons. The summed E-state index contributed by atoms with van der Waals surface area (Å²) in [7, 11) is 0. The van der Waals surface area contributed by atoms with Crippen LogP contribution in [-0.4, -0.2) is 68.5 Å². The van der Waals surface area contributed by atoms with Gasteiger partial charge in [-0.3, -0.25) is 0 Å². The summed E-state index contributed by atoms with van der Waals surface area (Å²) in [5, 5.41) is 36.5. The molecule has 8 nitrogen and oxygen atoms in total. The molecule has 0 saturated carbocycles. The van der Waals surface area contributed by atoms with Crippen molar-refractivity contribution in [2.75, 3.05) is 0 Å². The number of carboxylic acid groups (broad SMARTS) is 4. The molecule has 0 saturated heterocycles. The van der Waals surface area contributed by atoms with Gasteiger partial charge in [0.05, 0.1) is 22.3 Å². The molecule has 0 heterocycles. The zero-order valence-corrected chi connectivity index (χ0v) is 18.2. The van der Waals surface area contributed by atoms with Gasteiger partial charge in [-0.25, -0.2) is 19.2 Å². The molecule has 0 aliphatic heterocycles. The predicted molar refractivity (Wildman–Crippen MR) is 104 cm³/mol. The smallest absolute Gasteiger partial charge is 0.454 e. The zero-order chi connectivity index (χ0) is 30.5. The van der Waals surface area contributed by atoms with Crippen LogP contribution in [0.1, 0.15) is 52.6 Å². The number of carbonyl (C=O) groups is 4. The molecule has 39 heavy (non-hydrogen) atoms. The van der Waals surface area contributed by atoms with Gasteiger partial charge in [0.1, 0.15) is 0 Å². The molecule has 0 atom stereocenters. The molecule has 212 valence electrons. The average Bonchev–Trinajstić information content (AvgIpc) is 2.77. The molecule has 0 spiro atoms. The molecule has 4 N–H and O–H groups in total. The van der Waals surface area contributed by atoms with E-state index in [0.29, 0.717) is 0 Å². The predicted octanol–water partition coefficient (Wildman–Crippen LogP) is 5.16. The van der Waals surface area contributed by atoms with Crippen LogP contribution < -0.4 is 0 Å². The first-order chi connectivity index (χ1) is 17.5. The van der Waals surface area contributed by atoms with E-state index in [4.69, 9.17) is 10.2 Å². The summed E-state index contributed by atoms with van der Waals surface area (Å²) in [5.41, 5.74) is -17.4. The van der Waals surface area contributed by atoms with E-state index in [9.17, 15) is 55.7 Å². The van der Waals surface area contributed by atoms with E-state index >= 15 is 17.6 Å². The van der Waals surface area contributed by atoms with Crippen LogP contribution in [0.2, 0.25) is 0 Å². The van der Waals surface area contributed by atoms with Crippen molar-refractivity contribution in [3.8, 4) is 0 Å². The summed E-state index contributed by atoms with van der Waals surface area (Å²) in [5.74, 6) is -23.8. The molecule has 2 rings (SSSR count). The highest BCUT2D eigenvalue weighted by atomic mass is 19.4. The van der Waals surface area contributed by atoms with Crippen LogP contribution in [0.4, 0.5) is 43.9 Å². The van der Waals surface area contributed by atoms with Gasteiger partial charge >= 0.3 is 48.1 Å². The summed E-state index contributed by atoms with van der Waals surface area (Å²) in [6.07, 6.45) is -14.6. The van der Waals surface area contributed by atoms with E-state index in [1.54, 1.807) is 0 Å². The lowest BCUT2D eigenvalue weighted by molar-refractivity contribution is -0.375. The summed E-state index contributed by atoms with van der Waals surface area (Å²) in [6, 6.07) is -2.15. The average molecular weight is 580 g/mol. The molecule has 0 fully saturated rings. The van der Waals surface area contributed by atoms with E-state index in [0.717, 1.165) is 0 Å². The molecule has 0 amide bonds. The normalized spacial score (nSPS) is 13.2. The Morgan fingerprint density at radius 3 is 0.923 bits per heavy atom. The van der Waals surface area contributed by atoms with Gasteiger partial charge in [0.25, 0.3) is 0 Å². The quantitative estimate of drug-likeness (QED) is 0.313. The van der Waals surface area contributed by atoms with Crippen LogP contribution in [0.3, 0.4) is 0 Å². The van der Waals surface area contributed by atoms with Crippen LogP contribution in [0.15, 0.2) is 36.4 Å². The molecule has 0 aliphatic rings. The standard InChI is InChI=1S/C21H10F10O8/c22-18(23,20(26,27)28)17(19(24,25)21(29,30)31,7-1-3-9(13(32)33)11(5-7)15(36)37)8-2-4-10(14(34)35)12(6-8)16(38)39/h1-6H,(H,32,33)(H,34,35)(H,36,37)(H,38,39). The number of benzene rings is 2. The van der Waals surface area contributed by atoms with E-state index < -0.39 is 99.0 Å².